The molecule has 1 N–H and O–H groups in total. The summed E-state index contributed by atoms with van der Waals surface area (Å²) < 4.78 is 1.98. The van der Waals surface area contributed by atoms with Gasteiger partial charge in [0, 0.05) is 18.8 Å². The smallest absolute Gasteiger partial charge is 0.0920 e. The third kappa shape index (κ3) is 1.68. The van der Waals surface area contributed by atoms with Crippen LogP contribution in [0.3, 0.4) is 0 Å². The van der Waals surface area contributed by atoms with E-state index in [4.69, 9.17) is 0 Å². The van der Waals surface area contributed by atoms with Gasteiger partial charge >= 0.3 is 0 Å². The molecule has 0 aromatic carbocycles. The van der Waals surface area contributed by atoms with Crippen LogP contribution in [0.25, 0.3) is 0 Å². The summed E-state index contributed by atoms with van der Waals surface area (Å²) in [6.45, 7) is 7.79. The first kappa shape index (κ1) is 10.6. The Balaban J connectivity index is 2.33. The molecular weight excluding hydrogens is 190 g/mol. The summed E-state index contributed by atoms with van der Waals surface area (Å²) >= 11 is 0. The average molecular weight is 209 g/mol. The number of aromatic nitrogens is 2. The van der Waals surface area contributed by atoms with Crippen molar-refractivity contribution in [1.82, 2.24) is 14.7 Å². The zero-order valence-corrected chi connectivity index (χ0v) is 9.86. The highest BCUT2D eigenvalue weighted by atomic mass is 16.3. The van der Waals surface area contributed by atoms with Crippen LogP contribution in [0, 0.1) is 20.8 Å². The number of β-amino-alcohol motifs (C(OH)–C–C–N with tert-alkyl or cyclic N) is 1. The summed E-state index contributed by atoms with van der Waals surface area (Å²) in [6.07, 6.45) is -0.299. The van der Waals surface area contributed by atoms with Crippen LogP contribution in [-0.4, -0.2) is 46.0 Å². The summed E-state index contributed by atoms with van der Waals surface area (Å²) in [6, 6.07) is 0.113. The summed E-state index contributed by atoms with van der Waals surface area (Å²) in [5, 5.41) is 14.4. The maximum Gasteiger partial charge on any atom is 0.0920 e. The molecule has 1 aliphatic heterocycles. The van der Waals surface area contributed by atoms with Crippen molar-refractivity contribution in [2.75, 3.05) is 20.1 Å². The van der Waals surface area contributed by atoms with Gasteiger partial charge in [-0.05, 0) is 33.4 Å². The molecule has 0 radical (unpaired) electrons. The summed E-state index contributed by atoms with van der Waals surface area (Å²) in [5.41, 5.74) is 3.47. The van der Waals surface area contributed by atoms with Crippen LogP contribution in [0.15, 0.2) is 0 Å². The molecule has 0 aliphatic carbocycles. The van der Waals surface area contributed by atoms with E-state index in [1.807, 2.05) is 18.7 Å². The zero-order valence-electron chi connectivity index (χ0n) is 9.86. The van der Waals surface area contributed by atoms with Gasteiger partial charge in [0.2, 0.25) is 0 Å². The first-order valence-corrected chi connectivity index (χ1v) is 5.39. The molecule has 1 aromatic heterocycles. The molecule has 0 spiro atoms. The molecule has 1 fully saturated rings. The molecule has 4 nitrogen and oxygen atoms in total. The fourth-order valence-corrected chi connectivity index (χ4v) is 2.27. The lowest BCUT2D eigenvalue weighted by Crippen LogP contribution is -2.24. The fourth-order valence-electron chi connectivity index (χ4n) is 2.27. The van der Waals surface area contributed by atoms with E-state index in [9.17, 15) is 5.11 Å². The Labute approximate surface area is 90.5 Å². The number of hydrogen-bond acceptors (Lipinski definition) is 3. The molecule has 2 rings (SSSR count). The number of likely N-dealkylation sites (tertiary alicyclic amines) is 1. The Hall–Kier alpha value is -0.870. The molecule has 0 unspecified atom stereocenters. The quantitative estimate of drug-likeness (QED) is 0.738. The SMILES string of the molecule is Cc1nn([C@H]2CN(C)C[C@@H]2O)c(C)c1C. The Bertz CT molecular complexity index is 372. The molecule has 0 saturated carbocycles. The van der Waals surface area contributed by atoms with Gasteiger partial charge in [-0.25, -0.2) is 0 Å². The van der Waals surface area contributed by atoms with Crippen molar-refractivity contribution in [3.63, 3.8) is 0 Å². The van der Waals surface area contributed by atoms with Crippen LogP contribution < -0.4 is 0 Å². The van der Waals surface area contributed by atoms with Crippen molar-refractivity contribution in [1.29, 1.82) is 0 Å². The Morgan fingerprint density at radius 1 is 1.27 bits per heavy atom. The molecule has 15 heavy (non-hydrogen) atoms. The third-order valence-electron chi connectivity index (χ3n) is 3.44. The Morgan fingerprint density at radius 2 is 1.93 bits per heavy atom. The van der Waals surface area contributed by atoms with E-state index in [-0.39, 0.29) is 12.1 Å². The monoisotopic (exact) mass is 209 g/mol. The first-order chi connectivity index (χ1) is 7.00. The van der Waals surface area contributed by atoms with Crippen LogP contribution in [0.1, 0.15) is 23.0 Å². The lowest BCUT2D eigenvalue weighted by Gasteiger charge is -2.16. The fraction of sp³-hybridized carbons (Fsp3) is 0.727. The highest BCUT2D eigenvalue weighted by molar-refractivity contribution is 5.23. The van der Waals surface area contributed by atoms with Crippen molar-refractivity contribution in [3.8, 4) is 0 Å². The first-order valence-electron chi connectivity index (χ1n) is 5.39. The maximum absolute atomic E-state index is 9.93. The highest BCUT2D eigenvalue weighted by Gasteiger charge is 2.32. The molecule has 1 saturated heterocycles. The number of nitrogens with zero attached hydrogens (tertiary/aromatic N) is 3. The van der Waals surface area contributed by atoms with Gasteiger partial charge in [-0.15, -0.1) is 0 Å². The topological polar surface area (TPSA) is 41.3 Å². The molecule has 2 heterocycles. The van der Waals surface area contributed by atoms with Crippen LogP contribution in [0.4, 0.5) is 0 Å². The van der Waals surface area contributed by atoms with E-state index >= 15 is 0 Å². The van der Waals surface area contributed by atoms with E-state index in [2.05, 4.69) is 23.8 Å². The average Bonchev–Trinajstić information content (AvgIpc) is 2.61. The second-order valence-corrected chi connectivity index (χ2v) is 4.60. The number of hydrogen-bond donors (Lipinski definition) is 1. The predicted molar refractivity (Wildman–Crippen MR) is 59.0 cm³/mol. The second kappa shape index (κ2) is 3.61. The largest absolute Gasteiger partial charge is 0.390 e. The number of rotatable bonds is 1. The lowest BCUT2D eigenvalue weighted by atomic mass is 10.2. The van der Waals surface area contributed by atoms with Gasteiger partial charge in [0.1, 0.15) is 0 Å². The summed E-state index contributed by atoms with van der Waals surface area (Å²) in [4.78, 5) is 2.14. The molecule has 1 aliphatic rings. The van der Waals surface area contributed by atoms with Gasteiger partial charge in [-0.3, -0.25) is 4.68 Å². The van der Waals surface area contributed by atoms with Crippen LogP contribution in [-0.2, 0) is 0 Å². The maximum atomic E-state index is 9.93. The summed E-state index contributed by atoms with van der Waals surface area (Å²) in [5.74, 6) is 0. The van der Waals surface area contributed by atoms with E-state index in [1.54, 1.807) is 0 Å². The number of aryl methyl sites for hydroxylation is 1. The standard InChI is InChI=1S/C11H19N3O/c1-7-8(2)12-14(9(7)3)10-5-13(4)6-11(10)15/h10-11,15H,5-6H2,1-4H3/t10-,11-/m0/s1. The molecule has 0 amide bonds. The Kier molecular flexibility index (Phi) is 2.56. The van der Waals surface area contributed by atoms with E-state index < -0.39 is 0 Å². The van der Waals surface area contributed by atoms with Gasteiger partial charge in [0.05, 0.1) is 17.8 Å². The van der Waals surface area contributed by atoms with Gasteiger partial charge in [0.25, 0.3) is 0 Å². The van der Waals surface area contributed by atoms with Crippen molar-refractivity contribution in [2.45, 2.75) is 32.9 Å². The molecule has 0 bridgehead atoms. The number of likely N-dealkylation sites (N-methyl/N-ethyl adjacent to an activating group) is 1. The predicted octanol–water partition coefficient (Wildman–Crippen LogP) is 0.656. The highest BCUT2D eigenvalue weighted by Crippen LogP contribution is 2.24. The number of aliphatic hydroxyl groups is 1. The summed E-state index contributed by atoms with van der Waals surface area (Å²) in [7, 11) is 2.03. The minimum Gasteiger partial charge on any atom is -0.390 e. The molecule has 2 atom stereocenters. The normalized spacial score (nSPS) is 27.5. The molecule has 84 valence electrons. The van der Waals surface area contributed by atoms with Crippen molar-refractivity contribution >= 4 is 0 Å². The molecule has 1 aromatic rings. The van der Waals surface area contributed by atoms with Crippen molar-refractivity contribution in [3.05, 3.63) is 17.0 Å². The van der Waals surface area contributed by atoms with Crippen molar-refractivity contribution < 1.29 is 5.11 Å². The molecular formula is C11H19N3O. The lowest BCUT2D eigenvalue weighted by molar-refractivity contribution is 0.140. The van der Waals surface area contributed by atoms with Crippen LogP contribution in [0.2, 0.25) is 0 Å². The molecule has 4 heteroatoms. The van der Waals surface area contributed by atoms with Crippen LogP contribution in [0.5, 0.6) is 0 Å². The van der Waals surface area contributed by atoms with Gasteiger partial charge < -0.3 is 10.0 Å². The van der Waals surface area contributed by atoms with E-state index in [0.717, 1.165) is 18.8 Å². The Morgan fingerprint density at radius 3 is 2.33 bits per heavy atom. The minimum absolute atomic E-state index is 0.113. The van der Waals surface area contributed by atoms with Gasteiger partial charge in [-0.1, -0.05) is 0 Å². The van der Waals surface area contributed by atoms with E-state index in [0.29, 0.717) is 0 Å². The van der Waals surface area contributed by atoms with E-state index in [1.165, 1.54) is 11.3 Å². The van der Waals surface area contributed by atoms with Gasteiger partial charge in [-0.2, -0.15) is 5.10 Å². The zero-order chi connectivity index (χ0) is 11.2. The van der Waals surface area contributed by atoms with Crippen LogP contribution >= 0.6 is 0 Å². The van der Waals surface area contributed by atoms with Gasteiger partial charge in [0.15, 0.2) is 0 Å². The number of aliphatic hydroxyl groups excluding tert-OH is 1. The minimum atomic E-state index is -0.299. The van der Waals surface area contributed by atoms with Crippen molar-refractivity contribution in [2.24, 2.45) is 0 Å². The second-order valence-electron chi connectivity index (χ2n) is 4.60. The third-order valence-corrected chi connectivity index (χ3v) is 3.44.